The van der Waals surface area contributed by atoms with E-state index in [0.717, 1.165) is 6.26 Å². The van der Waals surface area contributed by atoms with Crippen LogP contribution >= 0.6 is 0 Å². The van der Waals surface area contributed by atoms with Crippen LogP contribution in [-0.2, 0) is 29.0 Å². The van der Waals surface area contributed by atoms with E-state index in [0.29, 0.717) is 6.42 Å². The van der Waals surface area contributed by atoms with E-state index >= 15 is 0 Å². The lowest BCUT2D eigenvalue weighted by atomic mass is 9.66. The van der Waals surface area contributed by atoms with E-state index in [1.165, 1.54) is 33.1 Å². The van der Waals surface area contributed by atoms with Gasteiger partial charge in [0.1, 0.15) is 22.0 Å². The molecule has 0 spiro atoms. The molecule has 0 aromatic heterocycles. The summed E-state index contributed by atoms with van der Waals surface area (Å²) >= 11 is 0. The highest BCUT2D eigenvalue weighted by Gasteiger charge is 2.69. The molecule has 0 aliphatic heterocycles. The third kappa shape index (κ3) is 3.15. The number of fused-ring (bicyclic) bond motifs is 1. The molecule has 8 nitrogen and oxygen atoms in total. The largest absolute Gasteiger partial charge is 0.495 e. The number of ether oxygens (including phenoxy) is 2. The molecule has 2 aliphatic carbocycles. The van der Waals surface area contributed by atoms with Crippen molar-refractivity contribution in [3.05, 3.63) is 23.3 Å². The lowest BCUT2D eigenvalue weighted by Crippen LogP contribution is -2.52. The standard InChI is InChI=1S/C21H24O8S/c1-6-29-20(25)21(3)13-9-12(13)17(23)15(19(21)24)16(22)11-7-8-14(30(5,26)27)18(28-4)10(11)2/h7-8,12-13,15H,6,9H2,1-5H3/t12-,13-,15+,21-/m1/s1. The number of rotatable bonds is 6. The van der Waals surface area contributed by atoms with Crippen molar-refractivity contribution < 1.29 is 37.1 Å². The minimum Gasteiger partial charge on any atom is -0.495 e. The number of carbonyl (C=O) groups excluding carboxylic acids is 4. The second-order valence-corrected chi connectivity index (χ2v) is 9.96. The summed E-state index contributed by atoms with van der Waals surface area (Å²) in [4.78, 5) is 51.8. The maximum atomic E-state index is 13.3. The average molecular weight is 436 g/mol. The lowest BCUT2D eigenvalue weighted by Gasteiger charge is -2.33. The number of esters is 1. The van der Waals surface area contributed by atoms with Gasteiger partial charge < -0.3 is 9.47 Å². The fourth-order valence-electron chi connectivity index (χ4n) is 4.39. The summed E-state index contributed by atoms with van der Waals surface area (Å²) in [5.74, 6) is -5.39. The van der Waals surface area contributed by atoms with Crippen LogP contribution in [0.3, 0.4) is 0 Å². The van der Waals surface area contributed by atoms with Gasteiger partial charge in [-0.05, 0) is 45.2 Å². The molecule has 0 bridgehead atoms. The van der Waals surface area contributed by atoms with Gasteiger partial charge in [-0.15, -0.1) is 0 Å². The Labute approximate surface area is 174 Å². The van der Waals surface area contributed by atoms with E-state index in [1.54, 1.807) is 6.92 Å². The van der Waals surface area contributed by atoms with Crippen LogP contribution in [0.2, 0.25) is 0 Å². The molecule has 9 heteroatoms. The Balaban J connectivity index is 2.07. The molecular weight excluding hydrogens is 412 g/mol. The van der Waals surface area contributed by atoms with Gasteiger partial charge in [0.2, 0.25) is 0 Å². The van der Waals surface area contributed by atoms with E-state index in [1.807, 2.05) is 0 Å². The molecule has 0 N–H and O–H groups in total. The van der Waals surface area contributed by atoms with E-state index in [4.69, 9.17) is 9.47 Å². The van der Waals surface area contributed by atoms with Crippen LogP contribution in [0.5, 0.6) is 5.75 Å². The summed E-state index contributed by atoms with van der Waals surface area (Å²) in [6.45, 7) is 4.62. The highest BCUT2D eigenvalue weighted by molar-refractivity contribution is 7.90. The molecule has 0 unspecified atom stereocenters. The first kappa shape index (κ1) is 22.1. The van der Waals surface area contributed by atoms with Crippen molar-refractivity contribution in [2.24, 2.45) is 23.2 Å². The summed E-state index contributed by atoms with van der Waals surface area (Å²) < 4.78 is 34.3. The number of methoxy groups -OCH3 is 1. The van der Waals surface area contributed by atoms with Crippen LogP contribution in [-0.4, -0.2) is 51.7 Å². The molecule has 0 heterocycles. The quantitative estimate of drug-likeness (QED) is 0.374. The van der Waals surface area contributed by atoms with Crippen LogP contribution < -0.4 is 4.74 Å². The fourth-order valence-corrected chi connectivity index (χ4v) is 5.28. The normalized spacial score (nSPS) is 28.0. The molecule has 1 aromatic carbocycles. The van der Waals surface area contributed by atoms with Crippen LogP contribution in [0.1, 0.15) is 36.2 Å². The topological polar surface area (TPSA) is 121 Å². The molecule has 2 saturated carbocycles. The second kappa shape index (κ2) is 7.30. The second-order valence-electron chi connectivity index (χ2n) is 7.98. The van der Waals surface area contributed by atoms with Crippen LogP contribution in [0, 0.1) is 30.1 Å². The van der Waals surface area contributed by atoms with Crippen LogP contribution in [0.25, 0.3) is 0 Å². The van der Waals surface area contributed by atoms with Crippen LogP contribution in [0.4, 0.5) is 0 Å². The number of ketones is 3. The Hall–Kier alpha value is -2.55. The van der Waals surface area contributed by atoms with Crippen molar-refractivity contribution in [3.8, 4) is 5.75 Å². The van der Waals surface area contributed by atoms with Crippen molar-refractivity contribution in [1.82, 2.24) is 0 Å². The van der Waals surface area contributed by atoms with E-state index in [2.05, 4.69) is 0 Å². The molecule has 1 aromatic rings. The summed E-state index contributed by atoms with van der Waals surface area (Å²) in [7, 11) is -2.35. The number of hydrogen-bond donors (Lipinski definition) is 0. The zero-order valence-electron chi connectivity index (χ0n) is 17.5. The molecule has 0 amide bonds. The Morgan fingerprint density at radius 3 is 2.40 bits per heavy atom. The van der Waals surface area contributed by atoms with E-state index in [9.17, 15) is 27.6 Å². The third-order valence-corrected chi connectivity index (χ3v) is 7.28. The highest BCUT2D eigenvalue weighted by Crippen LogP contribution is 2.58. The Morgan fingerprint density at radius 2 is 1.87 bits per heavy atom. The van der Waals surface area contributed by atoms with Gasteiger partial charge in [-0.1, -0.05) is 0 Å². The Bertz CT molecular complexity index is 1070. The van der Waals surface area contributed by atoms with Crippen molar-refractivity contribution in [1.29, 1.82) is 0 Å². The SMILES string of the molecule is CCOC(=O)[C@@]1(C)C(=O)[C@@H](C(=O)c2ccc(S(C)(=O)=O)c(OC)c2C)C(=O)[C@@H]2C[C@H]21. The van der Waals surface area contributed by atoms with Gasteiger partial charge in [0.05, 0.1) is 13.7 Å². The maximum Gasteiger partial charge on any atom is 0.319 e. The summed E-state index contributed by atoms with van der Waals surface area (Å²) in [5, 5.41) is 0. The highest BCUT2D eigenvalue weighted by atomic mass is 32.2. The van der Waals surface area contributed by atoms with Gasteiger partial charge in [-0.3, -0.25) is 19.2 Å². The molecule has 3 rings (SSSR count). The lowest BCUT2D eigenvalue weighted by molar-refractivity contribution is -0.164. The minimum atomic E-state index is -3.63. The monoisotopic (exact) mass is 436 g/mol. The number of benzene rings is 1. The van der Waals surface area contributed by atoms with E-state index in [-0.39, 0.29) is 28.4 Å². The predicted octanol–water partition coefficient (Wildman–Crippen LogP) is 1.56. The smallest absolute Gasteiger partial charge is 0.319 e. The van der Waals surface area contributed by atoms with Gasteiger partial charge in [0, 0.05) is 23.3 Å². The zero-order chi connectivity index (χ0) is 22.6. The first-order valence-electron chi connectivity index (χ1n) is 9.58. The van der Waals surface area contributed by atoms with Crippen molar-refractivity contribution in [3.63, 3.8) is 0 Å². The molecular formula is C21H24O8S. The molecule has 162 valence electrons. The number of hydrogen-bond acceptors (Lipinski definition) is 8. The first-order chi connectivity index (χ1) is 13.9. The summed E-state index contributed by atoms with van der Waals surface area (Å²) in [5.41, 5.74) is -1.34. The Morgan fingerprint density at radius 1 is 1.23 bits per heavy atom. The van der Waals surface area contributed by atoms with Gasteiger partial charge in [0.15, 0.2) is 27.2 Å². The van der Waals surface area contributed by atoms with Crippen molar-refractivity contribution in [2.45, 2.75) is 32.1 Å². The fraction of sp³-hybridized carbons (Fsp3) is 0.524. The Kier molecular flexibility index (Phi) is 5.39. The number of carbonyl (C=O) groups is 4. The zero-order valence-corrected chi connectivity index (χ0v) is 18.3. The van der Waals surface area contributed by atoms with Gasteiger partial charge >= 0.3 is 5.97 Å². The van der Waals surface area contributed by atoms with Gasteiger partial charge in [0.25, 0.3) is 0 Å². The molecule has 4 atom stereocenters. The molecule has 2 aliphatic rings. The summed E-state index contributed by atoms with van der Waals surface area (Å²) in [6, 6.07) is 2.49. The minimum absolute atomic E-state index is 0.0104. The molecule has 0 radical (unpaired) electrons. The molecule has 2 fully saturated rings. The summed E-state index contributed by atoms with van der Waals surface area (Å²) in [6.07, 6.45) is 1.37. The predicted molar refractivity (Wildman–Crippen MR) is 105 cm³/mol. The molecule has 0 saturated heterocycles. The van der Waals surface area contributed by atoms with Crippen molar-refractivity contribution in [2.75, 3.05) is 20.0 Å². The average Bonchev–Trinajstić information content (AvgIpc) is 3.47. The number of sulfone groups is 1. The van der Waals surface area contributed by atoms with Gasteiger partial charge in [-0.25, -0.2) is 8.42 Å². The third-order valence-electron chi connectivity index (χ3n) is 6.16. The van der Waals surface area contributed by atoms with Crippen molar-refractivity contribution >= 4 is 33.2 Å². The maximum absolute atomic E-state index is 13.3. The van der Waals surface area contributed by atoms with Gasteiger partial charge in [-0.2, -0.15) is 0 Å². The number of Topliss-reactive ketones (excluding diaryl/α,β-unsaturated/α-hetero) is 3. The van der Waals surface area contributed by atoms with Crippen LogP contribution in [0.15, 0.2) is 17.0 Å². The van der Waals surface area contributed by atoms with E-state index < -0.39 is 56.3 Å². The molecule has 30 heavy (non-hydrogen) atoms. The first-order valence-corrected chi connectivity index (χ1v) is 11.5.